The summed E-state index contributed by atoms with van der Waals surface area (Å²) in [5, 5.41) is 10.7. The highest BCUT2D eigenvalue weighted by Crippen LogP contribution is 2.56. The highest BCUT2D eigenvalue weighted by Gasteiger charge is 2.67. The summed E-state index contributed by atoms with van der Waals surface area (Å²) in [6, 6.07) is 24.7. The van der Waals surface area contributed by atoms with Crippen molar-refractivity contribution in [3.05, 3.63) is 102 Å². The Morgan fingerprint density at radius 2 is 1.63 bits per heavy atom. The van der Waals surface area contributed by atoms with Crippen molar-refractivity contribution in [2.24, 2.45) is 5.41 Å². The van der Waals surface area contributed by atoms with Gasteiger partial charge in [0.2, 0.25) is 0 Å². The number of anilines is 1. The minimum atomic E-state index is -1.65. The highest BCUT2D eigenvalue weighted by molar-refractivity contribution is 6.06. The molecule has 0 N–H and O–H groups in total. The van der Waals surface area contributed by atoms with Crippen molar-refractivity contribution >= 4 is 23.5 Å². The number of Topliss-reactive ketones (excluding diaryl/α,β-unsaturated/α-hetero) is 1. The van der Waals surface area contributed by atoms with Gasteiger partial charge >= 0.3 is 5.97 Å². The van der Waals surface area contributed by atoms with E-state index in [2.05, 4.69) is 6.07 Å². The van der Waals surface area contributed by atoms with E-state index in [9.17, 15) is 14.9 Å². The van der Waals surface area contributed by atoms with Gasteiger partial charge in [0.1, 0.15) is 11.8 Å². The maximum atomic E-state index is 14.2. The lowest BCUT2D eigenvalue weighted by molar-refractivity contribution is -0.150. The predicted molar refractivity (Wildman–Crippen MR) is 132 cm³/mol. The second-order valence-corrected chi connectivity index (χ2v) is 8.67. The zero-order chi connectivity index (χ0) is 24.6. The Morgan fingerprint density at radius 3 is 2.29 bits per heavy atom. The van der Waals surface area contributed by atoms with E-state index in [0.29, 0.717) is 16.9 Å². The second-order valence-electron chi connectivity index (χ2n) is 8.67. The third-order valence-electron chi connectivity index (χ3n) is 7.06. The van der Waals surface area contributed by atoms with Gasteiger partial charge in [0.25, 0.3) is 0 Å². The molecule has 6 nitrogen and oxygen atoms in total. The van der Waals surface area contributed by atoms with Gasteiger partial charge in [0.15, 0.2) is 11.2 Å². The van der Waals surface area contributed by atoms with Crippen LogP contribution in [0.25, 0.3) is 6.08 Å². The number of ether oxygens (including phenoxy) is 2. The number of carbonyl (C=O) groups excluding carboxylic acids is 2. The summed E-state index contributed by atoms with van der Waals surface area (Å²) in [7, 11) is 2.85. The number of nitrogens with zero attached hydrogens (tertiary/aromatic N) is 2. The molecular weight excluding hydrogens is 440 g/mol. The van der Waals surface area contributed by atoms with Crippen LogP contribution in [-0.2, 0) is 9.53 Å². The van der Waals surface area contributed by atoms with Gasteiger partial charge in [-0.1, -0.05) is 72.8 Å². The Hall–Kier alpha value is -4.37. The van der Waals surface area contributed by atoms with Crippen LogP contribution in [0.2, 0.25) is 0 Å². The van der Waals surface area contributed by atoms with Gasteiger partial charge in [-0.2, -0.15) is 5.26 Å². The normalized spacial score (nSPS) is 24.1. The van der Waals surface area contributed by atoms with E-state index in [-0.39, 0.29) is 5.78 Å². The zero-order valence-electron chi connectivity index (χ0n) is 19.4. The quantitative estimate of drug-likeness (QED) is 0.405. The lowest BCUT2D eigenvalue weighted by Crippen LogP contribution is -2.46. The largest absolute Gasteiger partial charge is 0.497 e. The third-order valence-corrected chi connectivity index (χ3v) is 7.06. The average molecular weight is 465 g/mol. The fraction of sp³-hybridized carbons (Fsp3) is 0.207. The van der Waals surface area contributed by atoms with Crippen LogP contribution in [0.15, 0.2) is 84.9 Å². The molecule has 1 saturated heterocycles. The van der Waals surface area contributed by atoms with Crippen molar-refractivity contribution in [1.82, 2.24) is 0 Å². The molecule has 3 aromatic carbocycles. The van der Waals surface area contributed by atoms with Gasteiger partial charge in [-0.15, -0.1) is 0 Å². The summed E-state index contributed by atoms with van der Waals surface area (Å²) >= 11 is 0. The maximum Gasteiger partial charge on any atom is 0.329 e. The summed E-state index contributed by atoms with van der Waals surface area (Å²) in [5.74, 6) is -0.980. The van der Waals surface area contributed by atoms with E-state index >= 15 is 0 Å². The van der Waals surface area contributed by atoms with Crippen molar-refractivity contribution < 1.29 is 19.1 Å². The number of rotatable bonds is 5. The molecule has 35 heavy (non-hydrogen) atoms. The first-order valence-electron chi connectivity index (χ1n) is 11.3. The Kier molecular flexibility index (Phi) is 5.62. The zero-order valence-corrected chi connectivity index (χ0v) is 19.4. The molecule has 3 aromatic rings. The summed E-state index contributed by atoms with van der Waals surface area (Å²) in [4.78, 5) is 29.6. The summed E-state index contributed by atoms with van der Waals surface area (Å²) in [6.07, 6.45) is 3.75. The number of ketones is 1. The summed E-state index contributed by atoms with van der Waals surface area (Å²) < 4.78 is 10.6. The summed E-state index contributed by atoms with van der Waals surface area (Å²) in [5.41, 5.74) is 1.27. The SMILES string of the molecule is COC(=O)[C@@]1(C#N)[C@H](c2ccc(OC)cc2)[C@@H](C(=O)c2ccccc2)N2c3ccccc3C=C[C@@H]21. The maximum absolute atomic E-state index is 14.2. The molecule has 0 bridgehead atoms. The van der Waals surface area contributed by atoms with Crippen molar-refractivity contribution in [3.63, 3.8) is 0 Å². The number of methoxy groups -OCH3 is 2. The number of benzene rings is 3. The van der Waals surface area contributed by atoms with Crippen LogP contribution < -0.4 is 9.64 Å². The molecule has 4 atom stereocenters. The van der Waals surface area contributed by atoms with Crippen molar-refractivity contribution in [2.75, 3.05) is 19.1 Å². The molecular formula is C29H24N2O4. The first-order chi connectivity index (χ1) is 17.1. The van der Waals surface area contributed by atoms with Gasteiger partial charge in [0, 0.05) is 17.2 Å². The number of fused-ring (bicyclic) bond motifs is 3. The number of carbonyl (C=O) groups is 2. The third kappa shape index (κ3) is 3.31. The number of hydrogen-bond acceptors (Lipinski definition) is 6. The molecule has 0 radical (unpaired) electrons. The van der Waals surface area contributed by atoms with Crippen molar-refractivity contribution in [2.45, 2.75) is 18.0 Å². The van der Waals surface area contributed by atoms with Crippen molar-refractivity contribution in [3.8, 4) is 11.8 Å². The molecule has 0 spiro atoms. The highest BCUT2D eigenvalue weighted by atomic mass is 16.5. The Labute approximate surface area is 204 Å². The van der Waals surface area contributed by atoms with E-state index in [1.807, 2.05) is 71.6 Å². The van der Waals surface area contributed by atoms with Crippen LogP contribution >= 0.6 is 0 Å². The van der Waals surface area contributed by atoms with Crippen molar-refractivity contribution in [1.29, 1.82) is 5.26 Å². The number of hydrogen-bond donors (Lipinski definition) is 0. The predicted octanol–water partition coefficient (Wildman–Crippen LogP) is 4.63. The first-order valence-corrected chi connectivity index (χ1v) is 11.3. The smallest absolute Gasteiger partial charge is 0.329 e. The topological polar surface area (TPSA) is 79.6 Å². The van der Waals surface area contributed by atoms with Crippen LogP contribution in [0.3, 0.4) is 0 Å². The minimum absolute atomic E-state index is 0.164. The van der Waals surface area contributed by atoms with Gasteiger partial charge in [-0.3, -0.25) is 9.59 Å². The lowest BCUT2D eigenvalue weighted by Gasteiger charge is -2.36. The monoisotopic (exact) mass is 464 g/mol. The molecule has 0 saturated carbocycles. The van der Waals surface area contributed by atoms with Crippen LogP contribution in [0.1, 0.15) is 27.4 Å². The van der Waals surface area contributed by atoms with Gasteiger partial charge in [-0.25, -0.2) is 0 Å². The Balaban J connectivity index is 1.80. The van der Waals surface area contributed by atoms with Crippen LogP contribution in [0.4, 0.5) is 5.69 Å². The van der Waals surface area contributed by atoms with E-state index in [1.54, 1.807) is 31.4 Å². The second kappa shape index (κ2) is 8.77. The summed E-state index contributed by atoms with van der Waals surface area (Å²) in [6.45, 7) is 0. The van der Waals surface area contributed by atoms with E-state index < -0.39 is 29.4 Å². The lowest BCUT2D eigenvalue weighted by atomic mass is 9.68. The molecule has 2 aliphatic rings. The molecule has 2 aliphatic heterocycles. The van der Waals surface area contributed by atoms with E-state index in [0.717, 1.165) is 11.3 Å². The standard InChI is InChI=1S/C29H24N2O4/c1-34-22-15-12-20(13-16-22)25-26(27(32)21-9-4-3-5-10-21)31-23-11-7-6-8-19(23)14-17-24(31)29(25,18-30)28(33)35-2/h3-17,24-26H,1-2H3/t24-,25-,26+,29-/m1/s1. The number of nitriles is 1. The molecule has 174 valence electrons. The Bertz CT molecular complexity index is 1340. The van der Waals surface area contributed by atoms with Gasteiger partial charge in [0.05, 0.1) is 26.3 Å². The van der Waals surface area contributed by atoms with Gasteiger partial charge in [-0.05, 0) is 29.3 Å². The fourth-order valence-corrected chi connectivity index (χ4v) is 5.49. The van der Waals surface area contributed by atoms with Gasteiger partial charge < -0.3 is 14.4 Å². The molecule has 0 amide bonds. The van der Waals surface area contributed by atoms with E-state index in [1.165, 1.54) is 7.11 Å². The first kappa shape index (κ1) is 22.4. The number of para-hydroxylation sites is 1. The van der Waals surface area contributed by atoms with Crippen LogP contribution in [0.5, 0.6) is 5.75 Å². The molecule has 0 aromatic heterocycles. The molecule has 1 fully saturated rings. The van der Waals surface area contributed by atoms with E-state index in [4.69, 9.17) is 9.47 Å². The minimum Gasteiger partial charge on any atom is -0.497 e. The van der Waals surface area contributed by atoms with Crippen LogP contribution in [0, 0.1) is 16.7 Å². The molecule has 2 heterocycles. The molecule has 5 rings (SSSR count). The molecule has 0 unspecified atom stereocenters. The van der Waals surface area contributed by atoms with Crippen LogP contribution in [-0.4, -0.2) is 38.1 Å². The fourth-order valence-electron chi connectivity index (χ4n) is 5.49. The molecule has 0 aliphatic carbocycles. The average Bonchev–Trinajstić information content (AvgIpc) is 3.24. The molecule has 6 heteroatoms. The Morgan fingerprint density at radius 1 is 0.943 bits per heavy atom. The number of esters is 1.